The first kappa shape index (κ1) is 28.9. The number of halogens is 2. The molecule has 0 radical (unpaired) electrons. The molecule has 224 valence electrons. The highest BCUT2D eigenvalue weighted by Gasteiger charge is 2.26. The first-order valence-corrected chi connectivity index (χ1v) is 14.2. The number of carbonyl (C=O) groups excluding carboxylic acids is 2. The van der Waals surface area contributed by atoms with E-state index in [4.69, 9.17) is 14.2 Å². The summed E-state index contributed by atoms with van der Waals surface area (Å²) in [5, 5.41) is 0.381. The molecule has 5 aromatic rings. The van der Waals surface area contributed by atoms with Crippen molar-refractivity contribution in [3.8, 4) is 11.5 Å². The van der Waals surface area contributed by atoms with Gasteiger partial charge in [-0.3, -0.25) is 14.2 Å². The molecule has 0 spiro atoms. The number of ether oxygens (including phenoxy) is 3. The fourth-order valence-electron chi connectivity index (χ4n) is 5.52. The van der Waals surface area contributed by atoms with Gasteiger partial charge in [-0.2, -0.15) is 0 Å². The third-order valence-corrected chi connectivity index (χ3v) is 7.72. The first-order chi connectivity index (χ1) is 21.3. The minimum atomic E-state index is -0.772. The zero-order chi connectivity index (χ0) is 30.8. The van der Waals surface area contributed by atoms with E-state index >= 15 is 4.39 Å². The Morgan fingerprint density at radius 3 is 2.52 bits per heavy atom. The Bertz CT molecular complexity index is 1850. The number of esters is 1. The number of rotatable bonds is 8. The molecule has 7 nitrogen and oxygen atoms in total. The maximum absolute atomic E-state index is 15.4. The van der Waals surface area contributed by atoms with Crippen LogP contribution in [0.1, 0.15) is 27.2 Å². The van der Waals surface area contributed by atoms with Crippen molar-refractivity contribution in [1.29, 1.82) is 0 Å². The van der Waals surface area contributed by atoms with E-state index in [1.165, 1.54) is 34.9 Å². The fraction of sp³-hybridized carbons (Fsp3) is 0.200. The summed E-state index contributed by atoms with van der Waals surface area (Å²) in [6.45, 7) is 2.51. The number of aromatic nitrogens is 1. The van der Waals surface area contributed by atoms with Crippen LogP contribution in [0.2, 0.25) is 0 Å². The summed E-state index contributed by atoms with van der Waals surface area (Å²) in [7, 11) is 1.97. The van der Waals surface area contributed by atoms with Gasteiger partial charge in [-0.1, -0.05) is 42.5 Å². The molecule has 1 atom stereocenters. The lowest BCUT2D eigenvalue weighted by molar-refractivity contribution is -0.144. The maximum atomic E-state index is 15.4. The van der Waals surface area contributed by atoms with Gasteiger partial charge in [0.05, 0.1) is 29.7 Å². The molecule has 0 saturated carbocycles. The molecule has 0 bridgehead atoms. The van der Waals surface area contributed by atoms with Crippen LogP contribution in [0.4, 0.5) is 14.5 Å². The van der Waals surface area contributed by atoms with Crippen LogP contribution in [0.3, 0.4) is 0 Å². The summed E-state index contributed by atoms with van der Waals surface area (Å²) < 4.78 is 48.3. The average molecular weight is 597 g/mol. The predicted octanol–water partition coefficient (Wildman–Crippen LogP) is 6.48. The van der Waals surface area contributed by atoms with Gasteiger partial charge in [0.25, 0.3) is 5.91 Å². The van der Waals surface area contributed by atoms with Gasteiger partial charge in [0.15, 0.2) is 0 Å². The lowest BCUT2D eigenvalue weighted by Gasteiger charge is -2.33. The Morgan fingerprint density at radius 2 is 1.73 bits per heavy atom. The number of nitrogens with zero attached hydrogens (tertiary/aromatic N) is 2. The number of fused-ring (bicyclic) bond motifs is 2. The summed E-state index contributed by atoms with van der Waals surface area (Å²) >= 11 is 0. The van der Waals surface area contributed by atoms with E-state index in [1.54, 1.807) is 6.92 Å². The lowest BCUT2D eigenvalue weighted by Crippen LogP contribution is -2.41. The van der Waals surface area contributed by atoms with Gasteiger partial charge in [0.2, 0.25) is 0 Å². The van der Waals surface area contributed by atoms with Gasteiger partial charge in [-0.05, 0) is 60.5 Å². The summed E-state index contributed by atoms with van der Waals surface area (Å²) in [5.41, 5.74) is 2.81. The second kappa shape index (κ2) is 12.2. The van der Waals surface area contributed by atoms with Crippen molar-refractivity contribution < 1.29 is 32.6 Å². The second-order valence-electron chi connectivity index (χ2n) is 10.7. The summed E-state index contributed by atoms with van der Waals surface area (Å²) in [6, 6.07) is 24.9. The van der Waals surface area contributed by atoms with Crippen LogP contribution in [0.5, 0.6) is 11.5 Å². The van der Waals surface area contributed by atoms with Gasteiger partial charge >= 0.3 is 5.97 Å². The van der Waals surface area contributed by atoms with Crippen molar-refractivity contribution >= 4 is 28.5 Å². The molecule has 2 heterocycles. The van der Waals surface area contributed by atoms with Crippen LogP contribution in [0.25, 0.3) is 10.9 Å². The summed E-state index contributed by atoms with van der Waals surface area (Å²) in [5.74, 6) is -1.47. The number of benzene rings is 4. The third kappa shape index (κ3) is 5.86. The van der Waals surface area contributed by atoms with Crippen LogP contribution in [0.15, 0.2) is 91.0 Å². The van der Waals surface area contributed by atoms with Gasteiger partial charge in [-0.15, -0.1) is 0 Å². The fourth-order valence-corrected chi connectivity index (χ4v) is 5.52. The lowest BCUT2D eigenvalue weighted by atomic mass is 10.1. The van der Waals surface area contributed by atoms with Crippen molar-refractivity contribution in [2.45, 2.75) is 26.1 Å². The smallest absolute Gasteiger partial charge is 0.310 e. The zero-order valence-corrected chi connectivity index (χ0v) is 24.3. The Hall–Kier alpha value is -5.18. The molecule has 0 saturated heterocycles. The molecule has 0 amide bonds. The van der Waals surface area contributed by atoms with Gasteiger partial charge in [-0.25, -0.2) is 8.78 Å². The standard InChI is InChI=1S/C35H30F2N2O5/c1-22-28(18-34(40)43-20-23-8-4-3-5-9-23)29-16-24(36)12-15-31(29)39(22)35(41)27-14-13-25(17-30(27)37)42-21-26-19-38(2)32-10-6-7-11-33(32)44-26/h3-17,26H,18-21H2,1-2H3/t26-/m0/s1. The number of likely N-dealkylation sites (N-methyl/N-ethyl adjacent to an activating group) is 1. The highest BCUT2D eigenvalue weighted by atomic mass is 19.1. The van der Waals surface area contributed by atoms with Gasteiger partial charge < -0.3 is 19.1 Å². The molecule has 0 aliphatic carbocycles. The average Bonchev–Trinajstić information content (AvgIpc) is 3.29. The van der Waals surface area contributed by atoms with Crippen molar-refractivity contribution in [3.63, 3.8) is 0 Å². The van der Waals surface area contributed by atoms with Gasteiger partial charge in [0, 0.05) is 24.2 Å². The largest absolute Gasteiger partial charge is 0.490 e. The summed E-state index contributed by atoms with van der Waals surface area (Å²) in [6.07, 6.45) is -0.455. The number of anilines is 1. The molecule has 4 aromatic carbocycles. The first-order valence-electron chi connectivity index (χ1n) is 14.2. The monoisotopic (exact) mass is 596 g/mol. The quantitative estimate of drug-likeness (QED) is 0.191. The van der Waals surface area contributed by atoms with Crippen molar-refractivity contribution in [1.82, 2.24) is 4.57 Å². The van der Waals surface area contributed by atoms with Crippen LogP contribution >= 0.6 is 0 Å². The third-order valence-electron chi connectivity index (χ3n) is 7.72. The Labute approximate surface area is 253 Å². The van der Waals surface area contributed by atoms with Crippen molar-refractivity contribution in [2.75, 3.05) is 25.1 Å². The van der Waals surface area contributed by atoms with Gasteiger partial charge in [0.1, 0.15) is 42.5 Å². The minimum absolute atomic E-state index is 0.0845. The molecule has 1 aliphatic heterocycles. The number of para-hydroxylation sites is 2. The van der Waals surface area contributed by atoms with Crippen LogP contribution in [-0.2, 0) is 22.6 Å². The molecule has 44 heavy (non-hydrogen) atoms. The molecule has 9 heteroatoms. The normalized spacial score (nSPS) is 14.2. The molecular weight excluding hydrogens is 566 g/mol. The summed E-state index contributed by atoms with van der Waals surface area (Å²) in [4.78, 5) is 28.6. The molecule has 0 unspecified atom stereocenters. The van der Waals surface area contributed by atoms with Crippen LogP contribution < -0.4 is 14.4 Å². The topological polar surface area (TPSA) is 70.0 Å². The Morgan fingerprint density at radius 1 is 0.955 bits per heavy atom. The van der Waals surface area contributed by atoms with Crippen LogP contribution in [0, 0.1) is 18.6 Å². The van der Waals surface area contributed by atoms with Crippen LogP contribution in [-0.4, -0.2) is 42.7 Å². The van der Waals surface area contributed by atoms with Crippen molar-refractivity contribution in [3.05, 3.63) is 125 Å². The maximum Gasteiger partial charge on any atom is 0.310 e. The second-order valence-corrected chi connectivity index (χ2v) is 10.7. The Kier molecular flexibility index (Phi) is 8.02. The SMILES string of the molecule is Cc1c(CC(=O)OCc2ccccc2)c2cc(F)ccc2n1C(=O)c1ccc(OC[C@@H]2CN(C)c3ccccc3O2)cc1F. The number of hydrogen-bond donors (Lipinski definition) is 0. The molecule has 6 rings (SSSR count). The highest BCUT2D eigenvalue weighted by molar-refractivity contribution is 6.05. The van der Waals surface area contributed by atoms with E-state index in [2.05, 4.69) is 4.90 Å². The highest BCUT2D eigenvalue weighted by Crippen LogP contribution is 2.33. The predicted molar refractivity (Wildman–Crippen MR) is 162 cm³/mol. The number of carbonyl (C=O) groups is 2. The minimum Gasteiger partial charge on any atom is -0.490 e. The van der Waals surface area contributed by atoms with Crippen molar-refractivity contribution in [2.24, 2.45) is 0 Å². The molecule has 0 fully saturated rings. The molecular formula is C35H30F2N2O5. The van der Waals surface area contributed by atoms with E-state index in [-0.39, 0.29) is 37.1 Å². The molecule has 0 N–H and O–H groups in total. The zero-order valence-electron chi connectivity index (χ0n) is 24.3. The van der Waals surface area contributed by atoms with E-state index in [9.17, 15) is 14.0 Å². The molecule has 1 aromatic heterocycles. The number of hydrogen-bond acceptors (Lipinski definition) is 6. The van der Waals surface area contributed by atoms with E-state index < -0.39 is 23.5 Å². The molecule has 1 aliphatic rings. The van der Waals surface area contributed by atoms with E-state index in [1.807, 2.05) is 61.6 Å². The van der Waals surface area contributed by atoms with E-state index in [0.29, 0.717) is 28.7 Å². The Balaban J connectivity index is 1.20. The van der Waals surface area contributed by atoms with E-state index in [0.717, 1.165) is 23.1 Å².